The summed E-state index contributed by atoms with van der Waals surface area (Å²) < 4.78 is 5.98. The van der Waals surface area contributed by atoms with Gasteiger partial charge in [-0.15, -0.1) is 0 Å². The number of aliphatic hydroxyl groups excluding tert-OH is 1. The Balaban J connectivity index is 2.15. The molecule has 1 aliphatic carbocycles. The zero-order valence-corrected chi connectivity index (χ0v) is 12.6. The third-order valence-electron chi connectivity index (χ3n) is 4.53. The van der Waals surface area contributed by atoms with Crippen molar-refractivity contribution in [1.82, 2.24) is 4.98 Å². The van der Waals surface area contributed by atoms with Gasteiger partial charge in [-0.05, 0) is 31.2 Å². The molecular weight excluding hydrogens is 262 g/mol. The summed E-state index contributed by atoms with van der Waals surface area (Å²) in [7, 11) is 0. The second-order valence-electron chi connectivity index (χ2n) is 6.92. The molecule has 1 aliphatic rings. The average Bonchev–Trinajstić information content (AvgIpc) is 2.77. The summed E-state index contributed by atoms with van der Waals surface area (Å²) in [5, 5.41) is 12.8. The van der Waals surface area contributed by atoms with Gasteiger partial charge in [-0.3, -0.25) is 4.98 Å². The van der Waals surface area contributed by atoms with Crippen LogP contribution in [0.15, 0.2) is 28.7 Å². The molecule has 1 aromatic carbocycles. The Morgan fingerprint density at radius 1 is 1.29 bits per heavy atom. The molecule has 0 fully saturated rings. The normalized spacial score (nSPS) is 20.9. The molecule has 108 valence electrons. The standard InChI is InChI=1S/C18H19NO2/c1-10-17-15(11-6-4-5-7-14(11)21-17)16-12(19-10)8-18(2,3)9-13(16)20/h4-7,13,20H,8-9H2,1-3H3. The van der Waals surface area contributed by atoms with E-state index in [1.54, 1.807) is 0 Å². The van der Waals surface area contributed by atoms with Crippen LogP contribution in [0.5, 0.6) is 0 Å². The molecule has 0 saturated heterocycles. The second kappa shape index (κ2) is 4.08. The van der Waals surface area contributed by atoms with E-state index in [-0.39, 0.29) is 5.41 Å². The van der Waals surface area contributed by atoms with Crippen LogP contribution in [0.2, 0.25) is 0 Å². The molecule has 0 aliphatic heterocycles. The van der Waals surface area contributed by atoms with E-state index in [0.717, 1.165) is 51.7 Å². The van der Waals surface area contributed by atoms with E-state index < -0.39 is 6.10 Å². The number of rotatable bonds is 0. The zero-order valence-electron chi connectivity index (χ0n) is 12.6. The molecule has 0 spiro atoms. The quantitative estimate of drug-likeness (QED) is 0.668. The SMILES string of the molecule is Cc1nc2c(c3c1oc1ccccc13)C(O)CC(C)(C)C2. The van der Waals surface area contributed by atoms with Crippen LogP contribution in [0.4, 0.5) is 0 Å². The molecule has 0 amide bonds. The van der Waals surface area contributed by atoms with Crippen molar-refractivity contribution in [3.05, 3.63) is 41.2 Å². The van der Waals surface area contributed by atoms with Crippen LogP contribution in [0.3, 0.4) is 0 Å². The van der Waals surface area contributed by atoms with E-state index in [9.17, 15) is 5.11 Å². The number of para-hydroxylation sites is 1. The zero-order chi connectivity index (χ0) is 14.8. The topological polar surface area (TPSA) is 46.3 Å². The van der Waals surface area contributed by atoms with Crippen LogP contribution < -0.4 is 0 Å². The van der Waals surface area contributed by atoms with Crippen molar-refractivity contribution < 1.29 is 9.52 Å². The van der Waals surface area contributed by atoms with E-state index in [4.69, 9.17) is 9.40 Å². The predicted molar refractivity (Wildman–Crippen MR) is 83.3 cm³/mol. The molecule has 2 heterocycles. The summed E-state index contributed by atoms with van der Waals surface area (Å²) in [5.74, 6) is 0. The molecule has 3 heteroatoms. The van der Waals surface area contributed by atoms with Crippen LogP contribution in [0, 0.1) is 12.3 Å². The Bertz CT molecular complexity index is 860. The molecule has 3 nitrogen and oxygen atoms in total. The van der Waals surface area contributed by atoms with Crippen LogP contribution in [-0.2, 0) is 6.42 Å². The van der Waals surface area contributed by atoms with Gasteiger partial charge in [0.15, 0.2) is 5.58 Å². The first kappa shape index (κ1) is 12.8. The fourth-order valence-electron chi connectivity index (χ4n) is 3.67. The number of benzene rings is 1. The van der Waals surface area contributed by atoms with Crippen molar-refractivity contribution in [2.45, 2.75) is 39.7 Å². The largest absolute Gasteiger partial charge is 0.454 e. The molecule has 2 aromatic heterocycles. The van der Waals surface area contributed by atoms with Gasteiger partial charge in [0.05, 0.1) is 11.8 Å². The number of hydrogen-bond acceptors (Lipinski definition) is 3. The van der Waals surface area contributed by atoms with Gasteiger partial charge in [0.25, 0.3) is 0 Å². The minimum absolute atomic E-state index is 0.0824. The third-order valence-corrected chi connectivity index (χ3v) is 4.53. The molecule has 1 unspecified atom stereocenters. The smallest absolute Gasteiger partial charge is 0.156 e. The van der Waals surface area contributed by atoms with E-state index in [1.165, 1.54) is 0 Å². The predicted octanol–water partition coefficient (Wildman–Crippen LogP) is 4.30. The molecule has 1 atom stereocenters. The number of aliphatic hydroxyl groups is 1. The fraction of sp³-hybridized carbons (Fsp3) is 0.389. The summed E-state index contributed by atoms with van der Waals surface area (Å²) >= 11 is 0. The maximum Gasteiger partial charge on any atom is 0.156 e. The number of pyridine rings is 1. The number of furan rings is 1. The number of aromatic nitrogens is 1. The fourth-order valence-corrected chi connectivity index (χ4v) is 3.67. The highest BCUT2D eigenvalue weighted by Crippen LogP contribution is 2.45. The number of fused-ring (bicyclic) bond motifs is 5. The molecular formula is C18H19NO2. The molecule has 0 bridgehead atoms. The van der Waals surface area contributed by atoms with E-state index in [1.807, 2.05) is 25.1 Å². The van der Waals surface area contributed by atoms with Crippen LogP contribution in [0.25, 0.3) is 21.9 Å². The Hall–Kier alpha value is -1.87. The van der Waals surface area contributed by atoms with Gasteiger partial charge in [-0.2, -0.15) is 0 Å². The van der Waals surface area contributed by atoms with Gasteiger partial charge in [-0.1, -0.05) is 32.0 Å². The molecule has 3 aromatic rings. The van der Waals surface area contributed by atoms with Gasteiger partial charge >= 0.3 is 0 Å². The summed E-state index contributed by atoms with van der Waals surface area (Å²) in [6.45, 7) is 6.36. The Morgan fingerprint density at radius 2 is 2.05 bits per heavy atom. The van der Waals surface area contributed by atoms with E-state index in [0.29, 0.717) is 0 Å². The van der Waals surface area contributed by atoms with E-state index >= 15 is 0 Å². The number of nitrogens with zero attached hydrogens (tertiary/aromatic N) is 1. The lowest BCUT2D eigenvalue weighted by Crippen LogP contribution is -2.27. The van der Waals surface area contributed by atoms with Crippen molar-refractivity contribution in [3.63, 3.8) is 0 Å². The van der Waals surface area contributed by atoms with Crippen molar-refractivity contribution in [2.24, 2.45) is 5.41 Å². The van der Waals surface area contributed by atoms with Crippen LogP contribution in [-0.4, -0.2) is 10.1 Å². The maximum absolute atomic E-state index is 10.7. The molecule has 0 saturated carbocycles. The van der Waals surface area contributed by atoms with Gasteiger partial charge < -0.3 is 9.52 Å². The van der Waals surface area contributed by atoms with Gasteiger partial charge in [-0.25, -0.2) is 0 Å². The lowest BCUT2D eigenvalue weighted by molar-refractivity contribution is 0.0996. The third kappa shape index (κ3) is 1.80. The summed E-state index contributed by atoms with van der Waals surface area (Å²) in [5.41, 5.74) is 4.66. The van der Waals surface area contributed by atoms with E-state index in [2.05, 4.69) is 19.9 Å². The van der Waals surface area contributed by atoms with Crippen LogP contribution in [0.1, 0.15) is 43.3 Å². The number of hydrogen-bond donors (Lipinski definition) is 1. The lowest BCUT2D eigenvalue weighted by atomic mass is 9.74. The minimum atomic E-state index is -0.472. The Morgan fingerprint density at radius 3 is 2.86 bits per heavy atom. The average molecular weight is 281 g/mol. The highest BCUT2D eigenvalue weighted by Gasteiger charge is 2.35. The maximum atomic E-state index is 10.7. The first-order valence-electron chi connectivity index (χ1n) is 7.45. The summed E-state index contributed by atoms with van der Waals surface area (Å²) in [4.78, 5) is 4.73. The highest BCUT2D eigenvalue weighted by molar-refractivity contribution is 6.07. The first-order valence-corrected chi connectivity index (χ1v) is 7.45. The van der Waals surface area contributed by atoms with Crippen molar-refractivity contribution in [3.8, 4) is 0 Å². The second-order valence-corrected chi connectivity index (χ2v) is 6.92. The number of aryl methyl sites for hydroxylation is 1. The van der Waals surface area contributed by atoms with Gasteiger partial charge in [0.2, 0.25) is 0 Å². The molecule has 1 N–H and O–H groups in total. The minimum Gasteiger partial charge on any atom is -0.454 e. The molecule has 4 rings (SSSR count). The lowest BCUT2D eigenvalue weighted by Gasteiger charge is -2.34. The van der Waals surface area contributed by atoms with Gasteiger partial charge in [0, 0.05) is 22.0 Å². The highest BCUT2D eigenvalue weighted by atomic mass is 16.3. The van der Waals surface area contributed by atoms with Crippen molar-refractivity contribution >= 4 is 21.9 Å². The monoisotopic (exact) mass is 281 g/mol. The summed E-state index contributed by atoms with van der Waals surface area (Å²) in [6, 6.07) is 8.02. The molecule has 0 radical (unpaired) electrons. The van der Waals surface area contributed by atoms with Crippen LogP contribution >= 0.6 is 0 Å². The van der Waals surface area contributed by atoms with Crippen molar-refractivity contribution in [1.29, 1.82) is 0 Å². The molecule has 21 heavy (non-hydrogen) atoms. The summed E-state index contributed by atoms with van der Waals surface area (Å²) in [6.07, 6.45) is 1.19. The van der Waals surface area contributed by atoms with Crippen molar-refractivity contribution in [2.75, 3.05) is 0 Å². The Kier molecular flexibility index (Phi) is 2.49. The Labute approximate surface area is 123 Å². The first-order chi connectivity index (χ1) is 9.96. The van der Waals surface area contributed by atoms with Gasteiger partial charge in [0.1, 0.15) is 5.58 Å².